The lowest BCUT2D eigenvalue weighted by Crippen LogP contribution is -1.93. The minimum Gasteiger partial charge on any atom is -0.382 e. The molecular weight excluding hydrogens is 298 g/mol. The number of hydrogen-bond donors (Lipinski definition) is 2. The summed E-state index contributed by atoms with van der Waals surface area (Å²) in [6, 6.07) is 5.81. The average Bonchev–Trinajstić information content (AvgIpc) is 2.84. The second-order valence-corrected chi connectivity index (χ2v) is 4.76. The van der Waals surface area contributed by atoms with Gasteiger partial charge in [-0.1, -0.05) is 23.7 Å². The van der Waals surface area contributed by atoms with Crippen LogP contribution in [0.4, 0.5) is 14.6 Å². The van der Waals surface area contributed by atoms with E-state index in [9.17, 15) is 8.78 Å². The molecule has 0 unspecified atom stereocenters. The van der Waals surface area contributed by atoms with Gasteiger partial charge < -0.3 is 5.73 Å². The van der Waals surface area contributed by atoms with E-state index >= 15 is 0 Å². The number of nitrogen functional groups attached to an aromatic ring is 1. The molecule has 106 valence electrons. The molecule has 0 aliphatic carbocycles. The zero-order chi connectivity index (χ0) is 15.0. The molecule has 7 heteroatoms. The molecule has 0 fully saturated rings. The third kappa shape index (κ3) is 2.34. The molecule has 1 aromatic carbocycles. The van der Waals surface area contributed by atoms with E-state index in [1.165, 1.54) is 24.4 Å². The Morgan fingerprint density at radius 2 is 2.00 bits per heavy atom. The Labute approximate surface area is 123 Å². The van der Waals surface area contributed by atoms with Crippen LogP contribution in [0.5, 0.6) is 0 Å². The summed E-state index contributed by atoms with van der Waals surface area (Å²) >= 11 is 5.79. The molecule has 3 rings (SSSR count). The highest BCUT2D eigenvalue weighted by molar-refractivity contribution is 6.31. The van der Waals surface area contributed by atoms with Crippen LogP contribution in [0.15, 0.2) is 36.7 Å². The van der Waals surface area contributed by atoms with Gasteiger partial charge in [0.25, 0.3) is 0 Å². The number of nitrogens with two attached hydrogens (primary N) is 1. The van der Waals surface area contributed by atoms with Crippen molar-refractivity contribution < 1.29 is 8.78 Å². The lowest BCUT2D eigenvalue weighted by atomic mass is 10.0. The number of rotatable bonds is 2. The second-order valence-electron chi connectivity index (χ2n) is 4.35. The first-order chi connectivity index (χ1) is 10.1. The standard InChI is InChI=1S/C14H9ClF2N4/c15-10-3-1-2-9(12(10)17)11-13(20-21-14(11)18)7-4-8(16)6-19-5-7/h1-6H,(H3,18,20,21). The molecule has 2 aromatic heterocycles. The summed E-state index contributed by atoms with van der Waals surface area (Å²) < 4.78 is 27.5. The SMILES string of the molecule is Nc1n[nH]c(-c2cncc(F)c2)c1-c1cccc(Cl)c1F. The summed E-state index contributed by atoms with van der Waals surface area (Å²) in [5.41, 5.74) is 7.10. The number of aromatic nitrogens is 3. The van der Waals surface area contributed by atoms with E-state index in [-0.39, 0.29) is 16.4 Å². The van der Waals surface area contributed by atoms with Crippen molar-refractivity contribution in [1.82, 2.24) is 15.2 Å². The van der Waals surface area contributed by atoms with Crippen molar-refractivity contribution >= 4 is 17.4 Å². The second kappa shape index (κ2) is 5.14. The first-order valence-corrected chi connectivity index (χ1v) is 6.35. The van der Waals surface area contributed by atoms with Crippen molar-refractivity contribution in [1.29, 1.82) is 0 Å². The fourth-order valence-electron chi connectivity index (χ4n) is 2.08. The molecule has 0 saturated heterocycles. The first kappa shape index (κ1) is 13.5. The largest absolute Gasteiger partial charge is 0.382 e. The van der Waals surface area contributed by atoms with Gasteiger partial charge in [0.05, 0.1) is 22.5 Å². The molecule has 2 heterocycles. The van der Waals surface area contributed by atoms with Gasteiger partial charge in [-0.2, -0.15) is 5.10 Å². The Morgan fingerprint density at radius 1 is 1.19 bits per heavy atom. The highest BCUT2D eigenvalue weighted by Gasteiger charge is 2.19. The van der Waals surface area contributed by atoms with E-state index in [4.69, 9.17) is 17.3 Å². The summed E-state index contributed by atoms with van der Waals surface area (Å²) in [5.74, 6) is -1.04. The molecule has 0 saturated carbocycles. The number of hydrogen-bond acceptors (Lipinski definition) is 3. The third-order valence-electron chi connectivity index (χ3n) is 3.01. The molecule has 4 nitrogen and oxygen atoms in total. The lowest BCUT2D eigenvalue weighted by Gasteiger charge is -2.07. The van der Waals surface area contributed by atoms with Gasteiger partial charge in [0.15, 0.2) is 5.82 Å². The highest BCUT2D eigenvalue weighted by Crippen LogP contribution is 2.37. The maximum Gasteiger partial charge on any atom is 0.153 e. The minimum atomic E-state index is -0.613. The van der Waals surface area contributed by atoms with Crippen LogP contribution in [-0.2, 0) is 0 Å². The van der Waals surface area contributed by atoms with Gasteiger partial charge >= 0.3 is 0 Å². The van der Waals surface area contributed by atoms with Crippen molar-refractivity contribution in [2.24, 2.45) is 0 Å². The summed E-state index contributed by atoms with van der Waals surface area (Å²) in [7, 11) is 0. The third-order valence-corrected chi connectivity index (χ3v) is 3.30. The number of H-pyrrole nitrogens is 1. The summed E-state index contributed by atoms with van der Waals surface area (Å²) in [6.07, 6.45) is 2.50. The Kier molecular flexibility index (Phi) is 3.31. The normalized spacial score (nSPS) is 10.8. The van der Waals surface area contributed by atoms with Crippen molar-refractivity contribution in [3.05, 3.63) is 53.3 Å². The molecule has 0 aliphatic rings. The van der Waals surface area contributed by atoms with Gasteiger partial charge in [-0.25, -0.2) is 8.78 Å². The number of nitrogens with zero attached hydrogens (tertiary/aromatic N) is 2. The molecule has 0 bridgehead atoms. The van der Waals surface area contributed by atoms with Crippen LogP contribution in [0, 0.1) is 11.6 Å². The fourth-order valence-corrected chi connectivity index (χ4v) is 2.26. The number of halogens is 3. The predicted octanol–water partition coefficient (Wildman–Crippen LogP) is 3.65. The van der Waals surface area contributed by atoms with Crippen LogP contribution in [0.3, 0.4) is 0 Å². The molecule has 0 spiro atoms. The van der Waals surface area contributed by atoms with E-state index in [1.54, 1.807) is 6.07 Å². The molecule has 0 amide bonds. The van der Waals surface area contributed by atoms with Gasteiger partial charge in [0.2, 0.25) is 0 Å². The van der Waals surface area contributed by atoms with Crippen molar-refractivity contribution in [3.63, 3.8) is 0 Å². The van der Waals surface area contributed by atoms with Crippen molar-refractivity contribution in [3.8, 4) is 22.4 Å². The molecule has 21 heavy (non-hydrogen) atoms. The van der Waals surface area contributed by atoms with Gasteiger partial charge in [-0.15, -0.1) is 0 Å². The summed E-state index contributed by atoms with van der Waals surface area (Å²) in [6.45, 7) is 0. The first-order valence-electron chi connectivity index (χ1n) is 5.97. The Morgan fingerprint density at radius 3 is 2.76 bits per heavy atom. The van der Waals surface area contributed by atoms with Gasteiger partial charge in [0.1, 0.15) is 11.6 Å². The van der Waals surface area contributed by atoms with E-state index in [1.807, 2.05) is 0 Å². The number of pyridine rings is 1. The Balaban J connectivity index is 2.25. The van der Waals surface area contributed by atoms with Crippen LogP contribution in [0.1, 0.15) is 0 Å². The lowest BCUT2D eigenvalue weighted by molar-refractivity contribution is 0.622. The van der Waals surface area contributed by atoms with Crippen molar-refractivity contribution in [2.75, 3.05) is 5.73 Å². The zero-order valence-corrected chi connectivity index (χ0v) is 11.3. The quantitative estimate of drug-likeness (QED) is 0.759. The Hall–Kier alpha value is -2.47. The number of benzene rings is 1. The van der Waals surface area contributed by atoms with Gasteiger partial charge in [0, 0.05) is 17.3 Å². The van der Waals surface area contributed by atoms with E-state index < -0.39 is 11.6 Å². The average molecular weight is 307 g/mol. The monoisotopic (exact) mass is 306 g/mol. The highest BCUT2D eigenvalue weighted by atomic mass is 35.5. The molecule has 3 aromatic rings. The minimum absolute atomic E-state index is 0.0311. The number of nitrogens with one attached hydrogen (secondary N) is 1. The van der Waals surface area contributed by atoms with Crippen molar-refractivity contribution in [2.45, 2.75) is 0 Å². The molecule has 0 radical (unpaired) electrons. The molecular formula is C14H9ClF2N4. The smallest absolute Gasteiger partial charge is 0.153 e. The van der Waals surface area contributed by atoms with Crippen LogP contribution in [-0.4, -0.2) is 15.2 Å². The number of anilines is 1. The molecule has 0 atom stereocenters. The Bertz CT molecular complexity index is 816. The van der Waals surface area contributed by atoms with Gasteiger partial charge in [-0.3, -0.25) is 10.1 Å². The molecule has 3 N–H and O–H groups in total. The van der Waals surface area contributed by atoms with E-state index in [0.29, 0.717) is 16.8 Å². The molecule has 0 aliphatic heterocycles. The fraction of sp³-hybridized carbons (Fsp3) is 0. The zero-order valence-electron chi connectivity index (χ0n) is 10.6. The van der Waals surface area contributed by atoms with E-state index in [2.05, 4.69) is 15.2 Å². The topological polar surface area (TPSA) is 67.6 Å². The van der Waals surface area contributed by atoms with E-state index in [0.717, 1.165) is 6.20 Å². The number of aromatic amines is 1. The van der Waals surface area contributed by atoms with Gasteiger partial charge in [-0.05, 0) is 12.1 Å². The maximum absolute atomic E-state index is 14.2. The summed E-state index contributed by atoms with van der Waals surface area (Å²) in [4.78, 5) is 3.76. The van der Waals surface area contributed by atoms with Crippen LogP contribution in [0.25, 0.3) is 22.4 Å². The van der Waals surface area contributed by atoms with Crippen LogP contribution < -0.4 is 5.73 Å². The van der Waals surface area contributed by atoms with Crippen LogP contribution >= 0.6 is 11.6 Å². The predicted molar refractivity (Wildman–Crippen MR) is 76.6 cm³/mol. The van der Waals surface area contributed by atoms with Crippen LogP contribution in [0.2, 0.25) is 5.02 Å². The summed E-state index contributed by atoms with van der Waals surface area (Å²) in [5, 5.41) is 6.50. The maximum atomic E-state index is 14.2.